The number of nitrogens with one attached hydrogen (secondary N) is 2. The van der Waals surface area contributed by atoms with Crippen LogP contribution in [-0.2, 0) is 6.42 Å². The highest BCUT2D eigenvalue weighted by molar-refractivity contribution is 5.89. The third-order valence-corrected chi connectivity index (χ3v) is 3.58. The van der Waals surface area contributed by atoms with E-state index in [0.717, 1.165) is 24.6 Å². The zero-order valence-corrected chi connectivity index (χ0v) is 13.8. The molecule has 0 atom stereocenters. The Hall–Kier alpha value is -2.63. The van der Waals surface area contributed by atoms with Gasteiger partial charge in [0.2, 0.25) is 0 Å². The number of nitrogens with zero attached hydrogens (tertiary/aromatic N) is 1. The molecule has 0 aliphatic heterocycles. The number of halogens is 2. The first kappa shape index (κ1) is 17.7. The normalized spacial score (nSPS) is 10.3. The van der Waals surface area contributed by atoms with Crippen LogP contribution in [0.2, 0.25) is 0 Å². The molecular weight excluding hydrogens is 312 g/mol. The van der Waals surface area contributed by atoms with Crippen molar-refractivity contribution in [3.05, 3.63) is 59.7 Å². The monoisotopic (exact) mass is 333 g/mol. The number of urea groups is 1. The standard InChI is InChI=1S/C18H21F2N3O/c1-23(2)14-10-8-13(9-11-14)5-4-12-21-18(24)22-16-7-3-6-15(19)17(16)20/h3,6-11H,4-5,12H2,1-2H3,(H2,21,22,24). The summed E-state index contributed by atoms with van der Waals surface area (Å²) in [4.78, 5) is 13.7. The molecule has 4 nitrogen and oxygen atoms in total. The van der Waals surface area contributed by atoms with E-state index in [4.69, 9.17) is 0 Å². The van der Waals surface area contributed by atoms with Gasteiger partial charge in [0, 0.05) is 26.3 Å². The molecule has 0 bridgehead atoms. The number of hydrogen-bond acceptors (Lipinski definition) is 2. The molecule has 2 N–H and O–H groups in total. The Labute approximate surface area is 140 Å². The van der Waals surface area contributed by atoms with Gasteiger partial charge in [-0.1, -0.05) is 18.2 Å². The largest absolute Gasteiger partial charge is 0.378 e. The molecular formula is C18H21F2N3O. The summed E-state index contributed by atoms with van der Waals surface area (Å²) >= 11 is 0. The van der Waals surface area contributed by atoms with Crippen molar-refractivity contribution in [3.8, 4) is 0 Å². The Balaban J connectivity index is 1.73. The van der Waals surface area contributed by atoms with Gasteiger partial charge in [-0.3, -0.25) is 0 Å². The van der Waals surface area contributed by atoms with E-state index >= 15 is 0 Å². The van der Waals surface area contributed by atoms with Crippen LogP contribution in [0.25, 0.3) is 0 Å². The first-order chi connectivity index (χ1) is 11.5. The molecule has 2 aromatic rings. The molecule has 0 saturated heterocycles. The Kier molecular flexibility index (Phi) is 6.12. The first-order valence-corrected chi connectivity index (χ1v) is 7.72. The Bertz CT molecular complexity index is 687. The second kappa shape index (κ2) is 8.29. The van der Waals surface area contributed by atoms with Crippen molar-refractivity contribution in [2.75, 3.05) is 30.9 Å². The zero-order chi connectivity index (χ0) is 17.5. The molecule has 0 fully saturated rings. The molecule has 2 rings (SSSR count). The number of aryl methyl sites for hydroxylation is 1. The van der Waals surface area contributed by atoms with Gasteiger partial charge < -0.3 is 15.5 Å². The number of amides is 2. The van der Waals surface area contributed by atoms with Gasteiger partial charge in [0.15, 0.2) is 11.6 Å². The number of carbonyl (C=O) groups is 1. The molecule has 0 unspecified atom stereocenters. The fourth-order valence-corrected chi connectivity index (χ4v) is 2.22. The Morgan fingerprint density at radius 1 is 1.08 bits per heavy atom. The van der Waals surface area contributed by atoms with Crippen molar-refractivity contribution in [2.24, 2.45) is 0 Å². The maximum Gasteiger partial charge on any atom is 0.319 e. The van der Waals surface area contributed by atoms with Crippen LogP contribution < -0.4 is 15.5 Å². The molecule has 0 aliphatic rings. The van der Waals surface area contributed by atoms with Gasteiger partial charge in [-0.2, -0.15) is 0 Å². The van der Waals surface area contributed by atoms with Gasteiger partial charge in [-0.25, -0.2) is 13.6 Å². The van der Waals surface area contributed by atoms with Crippen molar-refractivity contribution in [3.63, 3.8) is 0 Å². The van der Waals surface area contributed by atoms with Crippen LogP contribution in [0.15, 0.2) is 42.5 Å². The molecule has 0 heterocycles. The van der Waals surface area contributed by atoms with Gasteiger partial charge >= 0.3 is 6.03 Å². The van der Waals surface area contributed by atoms with E-state index in [0.29, 0.717) is 6.54 Å². The minimum atomic E-state index is -1.06. The number of hydrogen-bond donors (Lipinski definition) is 2. The lowest BCUT2D eigenvalue weighted by Gasteiger charge is -2.12. The molecule has 0 aliphatic carbocycles. The van der Waals surface area contributed by atoms with E-state index in [9.17, 15) is 13.6 Å². The third kappa shape index (κ3) is 4.94. The summed E-state index contributed by atoms with van der Waals surface area (Å²) in [6.45, 7) is 0.443. The first-order valence-electron chi connectivity index (χ1n) is 7.72. The van der Waals surface area contributed by atoms with Crippen molar-refractivity contribution < 1.29 is 13.6 Å². The average Bonchev–Trinajstić information content (AvgIpc) is 2.56. The number of anilines is 2. The van der Waals surface area contributed by atoms with Crippen molar-refractivity contribution >= 4 is 17.4 Å². The highest BCUT2D eigenvalue weighted by Crippen LogP contribution is 2.16. The van der Waals surface area contributed by atoms with E-state index in [-0.39, 0.29) is 5.69 Å². The topological polar surface area (TPSA) is 44.4 Å². The summed E-state index contributed by atoms with van der Waals surface area (Å²) in [6.07, 6.45) is 1.57. The Morgan fingerprint density at radius 3 is 2.46 bits per heavy atom. The SMILES string of the molecule is CN(C)c1ccc(CCCNC(=O)Nc2cccc(F)c2F)cc1. The maximum atomic E-state index is 13.4. The van der Waals surface area contributed by atoms with Crippen LogP contribution in [0.1, 0.15) is 12.0 Å². The molecule has 6 heteroatoms. The summed E-state index contributed by atoms with van der Waals surface area (Å²) in [5, 5.41) is 4.93. The lowest BCUT2D eigenvalue weighted by molar-refractivity contribution is 0.252. The molecule has 0 aromatic heterocycles. The third-order valence-electron chi connectivity index (χ3n) is 3.58. The summed E-state index contributed by atoms with van der Waals surface area (Å²) in [6, 6.07) is 11.3. The summed E-state index contributed by atoms with van der Waals surface area (Å²) in [5.41, 5.74) is 2.14. The van der Waals surface area contributed by atoms with Gasteiger partial charge in [-0.05, 0) is 42.7 Å². The lowest BCUT2D eigenvalue weighted by atomic mass is 10.1. The average molecular weight is 333 g/mol. The van der Waals surface area contributed by atoms with E-state index in [1.807, 2.05) is 31.1 Å². The molecule has 0 spiro atoms. The predicted octanol–water partition coefficient (Wildman–Crippen LogP) is 3.79. The van der Waals surface area contributed by atoms with E-state index in [1.54, 1.807) is 0 Å². The van der Waals surface area contributed by atoms with Crippen molar-refractivity contribution in [2.45, 2.75) is 12.8 Å². The fourth-order valence-electron chi connectivity index (χ4n) is 2.22. The Morgan fingerprint density at radius 2 is 1.79 bits per heavy atom. The van der Waals surface area contributed by atoms with Gasteiger partial charge in [-0.15, -0.1) is 0 Å². The predicted molar refractivity (Wildman–Crippen MR) is 92.5 cm³/mol. The van der Waals surface area contributed by atoms with E-state index in [2.05, 4.69) is 22.8 Å². The highest BCUT2D eigenvalue weighted by atomic mass is 19.2. The van der Waals surface area contributed by atoms with Crippen LogP contribution in [0.3, 0.4) is 0 Å². The minimum Gasteiger partial charge on any atom is -0.378 e. The molecule has 2 amide bonds. The lowest BCUT2D eigenvalue weighted by Crippen LogP contribution is -2.30. The molecule has 128 valence electrons. The van der Waals surface area contributed by atoms with Crippen LogP contribution in [0.5, 0.6) is 0 Å². The van der Waals surface area contributed by atoms with Gasteiger partial charge in [0.25, 0.3) is 0 Å². The number of rotatable bonds is 6. The molecule has 2 aromatic carbocycles. The van der Waals surface area contributed by atoms with E-state index < -0.39 is 17.7 Å². The van der Waals surface area contributed by atoms with Crippen molar-refractivity contribution in [1.29, 1.82) is 0 Å². The second-order valence-electron chi connectivity index (χ2n) is 5.65. The highest BCUT2D eigenvalue weighted by Gasteiger charge is 2.09. The number of benzene rings is 2. The fraction of sp³-hybridized carbons (Fsp3) is 0.278. The van der Waals surface area contributed by atoms with Gasteiger partial charge in [0.05, 0.1) is 5.69 Å². The van der Waals surface area contributed by atoms with Crippen LogP contribution in [0.4, 0.5) is 25.0 Å². The number of carbonyl (C=O) groups excluding carboxylic acids is 1. The van der Waals surface area contributed by atoms with Crippen LogP contribution in [-0.4, -0.2) is 26.7 Å². The van der Waals surface area contributed by atoms with Gasteiger partial charge in [0.1, 0.15) is 0 Å². The molecule has 0 saturated carbocycles. The molecule has 24 heavy (non-hydrogen) atoms. The summed E-state index contributed by atoms with van der Waals surface area (Å²) < 4.78 is 26.5. The van der Waals surface area contributed by atoms with Crippen LogP contribution >= 0.6 is 0 Å². The van der Waals surface area contributed by atoms with Crippen LogP contribution in [0, 0.1) is 11.6 Å². The quantitative estimate of drug-likeness (QED) is 0.790. The zero-order valence-electron chi connectivity index (χ0n) is 13.8. The smallest absolute Gasteiger partial charge is 0.319 e. The van der Waals surface area contributed by atoms with Crippen molar-refractivity contribution in [1.82, 2.24) is 5.32 Å². The minimum absolute atomic E-state index is 0.174. The van der Waals surface area contributed by atoms with E-state index in [1.165, 1.54) is 17.7 Å². The maximum absolute atomic E-state index is 13.4. The summed E-state index contributed by atoms with van der Waals surface area (Å²) in [5.74, 6) is -2.05. The second-order valence-corrected chi connectivity index (χ2v) is 5.65. The summed E-state index contributed by atoms with van der Waals surface area (Å²) in [7, 11) is 3.97. The molecule has 0 radical (unpaired) electrons.